The summed E-state index contributed by atoms with van der Waals surface area (Å²) in [5, 5.41) is 15.2. The molecular weight excluding hydrogens is 444 g/mol. The second-order valence-electron chi connectivity index (χ2n) is 7.55. The Kier molecular flexibility index (Phi) is 6.58. The molecule has 34 heavy (non-hydrogen) atoms. The largest absolute Gasteiger partial charge is 0.204 e. The van der Waals surface area contributed by atoms with Gasteiger partial charge < -0.3 is 0 Å². The third-order valence-corrected chi connectivity index (χ3v) is 5.05. The summed E-state index contributed by atoms with van der Waals surface area (Å²) in [5.74, 6) is -4.00. The summed E-state index contributed by atoms with van der Waals surface area (Å²) in [6.07, 6.45) is 0. The Bertz CT molecular complexity index is 1350. The van der Waals surface area contributed by atoms with E-state index in [1.807, 2.05) is 30.3 Å². The Balaban J connectivity index is 1.66. The van der Waals surface area contributed by atoms with Gasteiger partial charge in [0.1, 0.15) is 0 Å². The van der Waals surface area contributed by atoms with E-state index in [0.29, 0.717) is 16.9 Å². The number of benzene rings is 4. The highest BCUT2D eigenvalue weighted by atomic mass is 19.1. The molecule has 0 saturated carbocycles. The van der Waals surface area contributed by atoms with Crippen molar-refractivity contribution in [3.63, 3.8) is 0 Å². The minimum atomic E-state index is -1.01. The summed E-state index contributed by atoms with van der Waals surface area (Å²) in [6.45, 7) is 3.60. The van der Waals surface area contributed by atoms with Crippen molar-refractivity contribution in [2.24, 2.45) is 20.5 Å². The van der Waals surface area contributed by atoms with Gasteiger partial charge in [-0.3, -0.25) is 0 Å². The molecule has 0 aromatic heterocycles. The fourth-order valence-electron chi connectivity index (χ4n) is 3.55. The van der Waals surface area contributed by atoms with Crippen LogP contribution in [0, 0.1) is 37.1 Å². The van der Waals surface area contributed by atoms with Gasteiger partial charge in [-0.05, 0) is 84.6 Å². The normalized spacial score (nSPS) is 11.6. The smallest absolute Gasteiger partial charge is 0.157 e. The Morgan fingerprint density at radius 2 is 1.00 bits per heavy atom. The number of hydrogen-bond acceptors (Lipinski definition) is 4. The maximum absolute atomic E-state index is 14.7. The van der Waals surface area contributed by atoms with Crippen molar-refractivity contribution >= 4 is 22.7 Å². The Morgan fingerprint density at radius 3 is 1.56 bits per heavy atom. The molecule has 0 spiro atoms. The topological polar surface area (TPSA) is 49.4 Å². The van der Waals surface area contributed by atoms with Crippen LogP contribution in [0.25, 0.3) is 11.1 Å². The van der Waals surface area contributed by atoms with Crippen LogP contribution >= 0.6 is 0 Å². The van der Waals surface area contributed by atoms with E-state index in [1.54, 1.807) is 26.0 Å². The lowest BCUT2D eigenvalue weighted by atomic mass is 9.94. The van der Waals surface area contributed by atoms with Gasteiger partial charge in [0.15, 0.2) is 34.6 Å². The first-order chi connectivity index (χ1) is 16.3. The molecule has 0 saturated heterocycles. The van der Waals surface area contributed by atoms with Crippen molar-refractivity contribution < 1.29 is 17.6 Å². The van der Waals surface area contributed by atoms with Gasteiger partial charge in [-0.2, -0.15) is 10.2 Å². The predicted octanol–water partition coefficient (Wildman–Crippen LogP) is 9.36. The first-order valence-corrected chi connectivity index (χ1v) is 10.3. The summed E-state index contributed by atoms with van der Waals surface area (Å²) in [7, 11) is 0. The molecule has 0 N–H and O–H groups in total. The van der Waals surface area contributed by atoms with Crippen LogP contribution in [-0.2, 0) is 0 Å². The minimum Gasteiger partial charge on any atom is -0.204 e. The van der Waals surface area contributed by atoms with E-state index in [4.69, 9.17) is 0 Å². The molecule has 0 radical (unpaired) electrons. The number of rotatable bonds is 5. The van der Waals surface area contributed by atoms with Crippen LogP contribution in [0.4, 0.5) is 40.3 Å². The molecule has 0 aliphatic carbocycles. The van der Waals surface area contributed by atoms with Crippen LogP contribution < -0.4 is 0 Å². The van der Waals surface area contributed by atoms with E-state index in [-0.39, 0.29) is 5.56 Å². The number of azo groups is 2. The molecular formula is C26H18F4N4. The molecule has 0 atom stereocenters. The standard InChI is InChI=1S/C26H18F4N4/c1-15-11-19(32-31-18-7-4-3-5-8-18)12-16(2)24(15)17-13-22(29)26(23(30)14-17)34-33-25-20(27)9-6-10-21(25)28/h3-14H,1-2H3. The third-order valence-electron chi connectivity index (χ3n) is 5.05. The van der Waals surface area contributed by atoms with Crippen molar-refractivity contribution in [3.8, 4) is 11.1 Å². The van der Waals surface area contributed by atoms with E-state index in [0.717, 1.165) is 41.5 Å². The van der Waals surface area contributed by atoms with Gasteiger partial charge in [-0.1, -0.05) is 24.3 Å². The lowest BCUT2D eigenvalue weighted by Crippen LogP contribution is -1.92. The maximum atomic E-state index is 14.7. The van der Waals surface area contributed by atoms with E-state index >= 15 is 0 Å². The molecule has 0 fully saturated rings. The Hall–Kier alpha value is -4.20. The second kappa shape index (κ2) is 9.74. The van der Waals surface area contributed by atoms with Gasteiger partial charge >= 0.3 is 0 Å². The number of halogens is 4. The SMILES string of the molecule is Cc1cc(N=Nc2ccccc2)cc(C)c1-c1cc(F)c(N=Nc2c(F)cccc2F)c(F)c1. The van der Waals surface area contributed by atoms with E-state index in [9.17, 15) is 17.6 Å². The first kappa shape index (κ1) is 23.0. The van der Waals surface area contributed by atoms with Crippen molar-refractivity contribution in [1.29, 1.82) is 0 Å². The predicted molar refractivity (Wildman–Crippen MR) is 122 cm³/mol. The van der Waals surface area contributed by atoms with E-state index in [2.05, 4.69) is 20.5 Å². The van der Waals surface area contributed by atoms with Gasteiger partial charge in [0, 0.05) is 0 Å². The molecule has 4 aromatic rings. The van der Waals surface area contributed by atoms with Gasteiger partial charge in [0.25, 0.3) is 0 Å². The fraction of sp³-hybridized carbons (Fsp3) is 0.0769. The van der Waals surface area contributed by atoms with Gasteiger partial charge in [-0.15, -0.1) is 10.2 Å². The average molecular weight is 462 g/mol. The lowest BCUT2D eigenvalue weighted by Gasteiger charge is -2.12. The summed E-state index contributed by atoms with van der Waals surface area (Å²) in [4.78, 5) is 0. The van der Waals surface area contributed by atoms with Crippen molar-refractivity contribution in [2.45, 2.75) is 13.8 Å². The quantitative estimate of drug-likeness (QED) is 0.210. The molecule has 0 amide bonds. The van der Waals surface area contributed by atoms with E-state index < -0.39 is 34.6 Å². The number of nitrogens with zero attached hydrogens (tertiary/aromatic N) is 4. The molecule has 4 nitrogen and oxygen atoms in total. The molecule has 170 valence electrons. The zero-order valence-corrected chi connectivity index (χ0v) is 18.2. The highest BCUT2D eigenvalue weighted by molar-refractivity contribution is 5.74. The van der Waals surface area contributed by atoms with Crippen LogP contribution in [0.3, 0.4) is 0 Å². The van der Waals surface area contributed by atoms with Crippen molar-refractivity contribution in [2.75, 3.05) is 0 Å². The van der Waals surface area contributed by atoms with Crippen LogP contribution in [0.1, 0.15) is 11.1 Å². The number of hydrogen-bond donors (Lipinski definition) is 0. The van der Waals surface area contributed by atoms with Crippen LogP contribution in [0.15, 0.2) is 93.3 Å². The molecule has 4 aromatic carbocycles. The molecule has 0 aliphatic rings. The molecule has 0 bridgehead atoms. The van der Waals surface area contributed by atoms with Crippen LogP contribution in [0.5, 0.6) is 0 Å². The Labute approximate surface area is 193 Å². The zero-order chi connectivity index (χ0) is 24.2. The molecule has 0 aliphatic heterocycles. The van der Waals surface area contributed by atoms with Crippen molar-refractivity contribution in [1.82, 2.24) is 0 Å². The first-order valence-electron chi connectivity index (χ1n) is 10.3. The van der Waals surface area contributed by atoms with Crippen molar-refractivity contribution in [3.05, 3.63) is 107 Å². The summed E-state index contributed by atoms with van der Waals surface area (Å²) >= 11 is 0. The third kappa shape index (κ3) is 4.91. The van der Waals surface area contributed by atoms with Crippen LogP contribution in [0.2, 0.25) is 0 Å². The maximum Gasteiger partial charge on any atom is 0.157 e. The summed E-state index contributed by atoms with van der Waals surface area (Å²) in [5.41, 5.74) is 2.22. The highest BCUT2D eigenvalue weighted by Crippen LogP contribution is 2.36. The highest BCUT2D eigenvalue weighted by Gasteiger charge is 2.16. The van der Waals surface area contributed by atoms with Gasteiger partial charge in [-0.25, -0.2) is 17.6 Å². The average Bonchev–Trinajstić information content (AvgIpc) is 2.79. The van der Waals surface area contributed by atoms with Gasteiger partial charge in [0.05, 0.1) is 11.4 Å². The van der Waals surface area contributed by atoms with Crippen LogP contribution in [-0.4, -0.2) is 0 Å². The lowest BCUT2D eigenvalue weighted by molar-refractivity contribution is 0.577. The molecule has 0 unspecified atom stereocenters. The molecule has 8 heteroatoms. The second-order valence-corrected chi connectivity index (χ2v) is 7.55. The number of aryl methyl sites for hydroxylation is 2. The minimum absolute atomic E-state index is 0.285. The molecule has 4 rings (SSSR count). The van der Waals surface area contributed by atoms with Gasteiger partial charge in [0.2, 0.25) is 0 Å². The zero-order valence-electron chi connectivity index (χ0n) is 18.2. The van der Waals surface area contributed by atoms with E-state index in [1.165, 1.54) is 0 Å². The summed E-state index contributed by atoms with van der Waals surface area (Å²) in [6, 6.07) is 18.1. The monoisotopic (exact) mass is 462 g/mol. The Morgan fingerprint density at radius 1 is 0.500 bits per heavy atom. The fourth-order valence-corrected chi connectivity index (χ4v) is 3.55. The molecule has 0 heterocycles. The summed E-state index contributed by atoms with van der Waals surface area (Å²) < 4.78 is 56.9.